The fourth-order valence-corrected chi connectivity index (χ4v) is 3.64. The first-order valence-electron chi connectivity index (χ1n) is 7.88. The Labute approximate surface area is 148 Å². The highest BCUT2D eigenvalue weighted by molar-refractivity contribution is 7.09. The van der Waals surface area contributed by atoms with E-state index in [0.717, 1.165) is 26.8 Å². The highest BCUT2D eigenvalue weighted by atomic mass is 32.1. The lowest BCUT2D eigenvalue weighted by Gasteiger charge is -2.09. The number of aromatic nitrogens is 2. The van der Waals surface area contributed by atoms with Crippen LogP contribution in [0.4, 0.5) is 11.5 Å². The second kappa shape index (κ2) is 5.83. The molecule has 1 aliphatic rings. The fraction of sp³-hybridized carbons (Fsp3) is 0.222. The van der Waals surface area contributed by atoms with Crippen LogP contribution in [0.3, 0.4) is 0 Å². The molecule has 7 heteroatoms. The molecule has 6 nitrogen and oxygen atoms in total. The number of carbonyl (C=O) groups is 1. The molecule has 2 heterocycles. The first-order chi connectivity index (χ1) is 12.1. The molecule has 1 aliphatic carbocycles. The Hall–Kier alpha value is -2.98. The fourth-order valence-electron chi connectivity index (χ4n) is 2.90. The van der Waals surface area contributed by atoms with Gasteiger partial charge in [-0.2, -0.15) is 5.26 Å². The number of aryl methyl sites for hydroxylation is 1. The minimum Gasteiger partial charge on any atom is -0.398 e. The summed E-state index contributed by atoms with van der Waals surface area (Å²) >= 11 is 1.43. The molecule has 3 N–H and O–H groups in total. The second-order valence-corrected chi connectivity index (χ2v) is 7.06. The summed E-state index contributed by atoms with van der Waals surface area (Å²) < 4.78 is 4.21. The van der Waals surface area contributed by atoms with Crippen LogP contribution in [0.1, 0.15) is 12.0 Å². The number of nitrogens with zero attached hydrogens (tertiary/aromatic N) is 3. The van der Waals surface area contributed by atoms with E-state index in [2.05, 4.69) is 20.7 Å². The molecule has 2 atom stereocenters. The number of benzene rings is 1. The average Bonchev–Trinajstić information content (AvgIpc) is 3.27. The Balaban J connectivity index is 1.68. The minimum atomic E-state index is -0.223. The van der Waals surface area contributed by atoms with Gasteiger partial charge >= 0.3 is 0 Å². The van der Waals surface area contributed by atoms with E-state index in [9.17, 15) is 4.79 Å². The zero-order chi connectivity index (χ0) is 17.6. The van der Waals surface area contributed by atoms with Crippen molar-refractivity contribution in [2.75, 3.05) is 11.1 Å². The molecule has 0 aliphatic heterocycles. The van der Waals surface area contributed by atoms with Crippen LogP contribution in [0, 0.1) is 30.1 Å². The lowest BCUT2D eigenvalue weighted by Crippen LogP contribution is -2.15. The van der Waals surface area contributed by atoms with Crippen molar-refractivity contribution in [3.8, 4) is 16.5 Å². The van der Waals surface area contributed by atoms with Gasteiger partial charge in [0.25, 0.3) is 0 Å². The van der Waals surface area contributed by atoms with Gasteiger partial charge in [-0.3, -0.25) is 4.79 Å². The number of rotatable bonds is 3. The molecule has 0 saturated heterocycles. The number of carbonyl (C=O) groups excluding carboxylic acids is 1. The summed E-state index contributed by atoms with van der Waals surface area (Å²) in [6, 6.07) is 7.88. The molecule has 1 unspecified atom stereocenters. The summed E-state index contributed by atoms with van der Waals surface area (Å²) in [5.41, 5.74) is 8.92. The first-order valence-corrected chi connectivity index (χ1v) is 8.65. The van der Waals surface area contributed by atoms with Crippen molar-refractivity contribution in [1.29, 1.82) is 5.26 Å². The Kier molecular flexibility index (Phi) is 3.62. The van der Waals surface area contributed by atoms with Gasteiger partial charge in [-0.05, 0) is 59.6 Å². The number of hydrogen-bond acceptors (Lipinski definition) is 6. The number of anilines is 2. The number of nitrogens with one attached hydrogen (secondary N) is 1. The normalized spacial score (nSPS) is 18.7. The number of fused-ring (bicyclic) bond motifs is 1. The molecule has 124 valence electrons. The highest BCUT2D eigenvalue weighted by Gasteiger charge is 2.43. The maximum Gasteiger partial charge on any atom is 0.230 e. The summed E-state index contributed by atoms with van der Waals surface area (Å²) in [5, 5.41) is 13.4. The summed E-state index contributed by atoms with van der Waals surface area (Å²) in [6.07, 6.45) is 4.12. The third-order valence-electron chi connectivity index (χ3n) is 4.42. The first kappa shape index (κ1) is 15.5. The number of hydrogen-bond donors (Lipinski definition) is 2. The van der Waals surface area contributed by atoms with Crippen LogP contribution in [-0.4, -0.2) is 15.3 Å². The molecule has 1 aromatic carbocycles. The second-order valence-electron chi connectivity index (χ2n) is 6.26. The molecule has 0 bridgehead atoms. The van der Waals surface area contributed by atoms with Gasteiger partial charge < -0.3 is 11.1 Å². The van der Waals surface area contributed by atoms with E-state index < -0.39 is 0 Å². The molecular formula is C18H15N5OS. The molecule has 1 fully saturated rings. The lowest BCUT2D eigenvalue weighted by atomic mass is 10.0. The van der Waals surface area contributed by atoms with Crippen LogP contribution >= 0.6 is 11.5 Å². The third kappa shape index (κ3) is 2.81. The number of nitriles is 1. The van der Waals surface area contributed by atoms with Crippen molar-refractivity contribution in [3.63, 3.8) is 0 Å². The van der Waals surface area contributed by atoms with Crippen LogP contribution in [0.5, 0.6) is 0 Å². The van der Waals surface area contributed by atoms with E-state index in [0.29, 0.717) is 17.9 Å². The maximum atomic E-state index is 12.1. The lowest BCUT2D eigenvalue weighted by molar-refractivity contribution is -0.117. The van der Waals surface area contributed by atoms with Crippen molar-refractivity contribution in [3.05, 3.63) is 36.2 Å². The molecule has 2 aromatic heterocycles. The van der Waals surface area contributed by atoms with Gasteiger partial charge in [0, 0.05) is 23.5 Å². The summed E-state index contributed by atoms with van der Waals surface area (Å²) in [5.74, 6) is -0.0738. The van der Waals surface area contributed by atoms with Gasteiger partial charge in [0.2, 0.25) is 5.91 Å². The molecule has 1 saturated carbocycles. The van der Waals surface area contributed by atoms with Gasteiger partial charge in [-0.25, -0.2) is 9.36 Å². The largest absolute Gasteiger partial charge is 0.398 e. The molecule has 0 radical (unpaired) electrons. The van der Waals surface area contributed by atoms with Crippen LogP contribution in [-0.2, 0) is 4.79 Å². The van der Waals surface area contributed by atoms with Crippen LogP contribution < -0.4 is 11.1 Å². The Morgan fingerprint density at radius 1 is 1.40 bits per heavy atom. The van der Waals surface area contributed by atoms with E-state index in [1.807, 2.05) is 31.3 Å². The van der Waals surface area contributed by atoms with Crippen molar-refractivity contribution in [2.24, 2.45) is 11.8 Å². The molecule has 25 heavy (non-hydrogen) atoms. The Morgan fingerprint density at radius 3 is 2.92 bits per heavy atom. The minimum absolute atomic E-state index is 0.152. The molecule has 4 rings (SSSR count). The van der Waals surface area contributed by atoms with Crippen LogP contribution in [0.2, 0.25) is 0 Å². The topological polar surface area (TPSA) is 105 Å². The van der Waals surface area contributed by atoms with E-state index in [1.54, 1.807) is 6.20 Å². The van der Waals surface area contributed by atoms with Gasteiger partial charge in [-0.15, -0.1) is 0 Å². The number of pyridine rings is 1. The van der Waals surface area contributed by atoms with Crippen molar-refractivity contribution < 1.29 is 4.79 Å². The summed E-state index contributed by atoms with van der Waals surface area (Å²) in [6.45, 7) is 2.01. The summed E-state index contributed by atoms with van der Waals surface area (Å²) in [4.78, 5) is 17.5. The van der Waals surface area contributed by atoms with E-state index in [-0.39, 0.29) is 17.7 Å². The van der Waals surface area contributed by atoms with Gasteiger partial charge in [-0.1, -0.05) is 0 Å². The third-order valence-corrected chi connectivity index (χ3v) is 5.38. The molecule has 1 amide bonds. The predicted molar refractivity (Wildman–Crippen MR) is 97.8 cm³/mol. The molecular weight excluding hydrogens is 334 g/mol. The van der Waals surface area contributed by atoms with Gasteiger partial charge in [0.15, 0.2) is 0 Å². The standard InChI is InChI=1S/C18H15N5OS/c1-9-7-22-25-17(9)11-2-10-5-16(21-8-14(10)15(20)4-11)23-18(24)13-3-12(13)6-19/h2,4-5,7-8,12-13H,3,20H2,1H3,(H,21,23,24)/t12?,13-/m1/s1. The van der Waals surface area contributed by atoms with Gasteiger partial charge in [0.1, 0.15) is 5.82 Å². The van der Waals surface area contributed by atoms with Crippen molar-refractivity contribution >= 4 is 39.7 Å². The molecule has 0 spiro atoms. The monoisotopic (exact) mass is 349 g/mol. The Bertz CT molecular complexity index is 1040. The van der Waals surface area contributed by atoms with Crippen molar-refractivity contribution in [2.45, 2.75) is 13.3 Å². The maximum absolute atomic E-state index is 12.1. The van der Waals surface area contributed by atoms with Crippen LogP contribution in [0.25, 0.3) is 21.2 Å². The van der Waals surface area contributed by atoms with Crippen LogP contribution in [0.15, 0.2) is 30.6 Å². The smallest absolute Gasteiger partial charge is 0.230 e. The van der Waals surface area contributed by atoms with Gasteiger partial charge in [0.05, 0.1) is 22.8 Å². The zero-order valence-electron chi connectivity index (χ0n) is 13.5. The van der Waals surface area contributed by atoms with E-state index in [1.165, 1.54) is 11.5 Å². The molecule has 3 aromatic rings. The number of amides is 1. The number of nitrogens with two attached hydrogens (primary N) is 1. The SMILES string of the molecule is Cc1cnsc1-c1cc(N)c2cnc(NC(=O)[C@@H]3CC3C#N)cc2c1. The summed E-state index contributed by atoms with van der Waals surface area (Å²) in [7, 11) is 0. The number of nitrogen functional groups attached to an aromatic ring is 1. The quantitative estimate of drug-likeness (QED) is 0.706. The van der Waals surface area contributed by atoms with E-state index in [4.69, 9.17) is 11.0 Å². The predicted octanol–water partition coefficient (Wildman–Crippen LogP) is 3.35. The van der Waals surface area contributed by atoms with Crippen molar-refractivity contribution in [1.82, 2.24) is 9.36 Å². The average molecular weight is 349 g/mol. The highest BCUT2D eigenvalue weighted by Crippen LogP contribution is 2.39. The zero-order valence-corrected chi connectivity index (χ0v) is 14.3. The Morgan fingerprint density at radius 2 is 2.24 bits per heavy atom. The van der Waals surface area contributed by atoms with E-state index >= 15 is 0 Å².